The van der Waals surface area contributed by atoms with Gasteiger partial charge in [-0.1, -0.05) is 30.3 Å². The van der Waals surface area contributed by atoms with Gasteiger partial charge < -0.3 is 15.1 Å². The van der Waals surface area contributed by atoms with Crippen LogP contribution in [0, 0.1) is 0 Å². The van der Waals surface area contributed by atoms with E-state index in [1.165, 1.54) is 11.3 Å². The number of nitrogens with one attached hydrogen (secondary N) is 1. The van der Waals surface area contributed by atoms with Gasteiger partial charge in [-0.2, -0.15) is 0 Å². The summed E-state index contributed by atoms with van der Waals surface area (Å²) in [6.45, 7) is 2.19. The van der Waals surface area contributed by atoms with E-state index in [9.17, 15) is 4.79 Å². The standard InChI is InChI=1S/C24H27N5OS/c1-28(2)14-8-13-25-23-18-10-5-6-11-19(18)26-22(27-23)16-29(3)24(30)21-15-17-9-4-7-12-20(17)31-21/h4-7,9-12,15H,8,13-14,16H2,1-3H3,(H,25,26,27). The number of fused-ring (bicyclic) bond motifs is 2. The van der Waals surface area contributed by atoms with Crippen molar-refractivity contribution in [3.63, 3.8) is 0 Å². The molecule has 0 atom stereocenters. The number of hydrogen-bond acceptors (Lipinski definition) is 6. The van der Waals surface area contributed by atoms with Crippen LogP contribution in [0.3, 0.4) is 0 Å². The summed E-state index contributed by atoms with van der Waals surface area (Å²) in [4.78, 5) is 27.0. The van der Waals surface area contributed by atoms with Crippen molar-refractivity contribution in [1.29, 1.82) is 0 Å². The molecule has 0 radical (unpaired) electrons. The molecule has 2 heterocycles. The molecule has 0 aliphatic carbocycles. The lowest BCUT2D eigenvalue weighted by molar-refractivity contribution is 0.0786. The van der Waals surface area contributed by atoms with Gasteiger partial charge in [-0.05, 0) is 56.7 Å². The Kier molecular flexibility index (Phi) is 6.44. The molecule has 1 N–H and O–H groups in total. The fourth-order valence-electron chi connectivity index (χ4n) is 3.49. The summed E-state index contributed by atoms with van der Waals surface area (Å²) >= 11 is 1.52. The predicted molar refractivity (Wildman–Crippen MR) is 129 cm³/mol. The maximum atomic E-state index is 13.0. The summed E-state index contributed by atoms with van der Waals surface area (Å²) in [5.74, 6) is 1.44. The molecule has 2 aromatic heterocycles. The van der Waals surface area contributed by atoms with Crippen LogP contribution in [0.1, 0.15) is 21.9 Å². The zero-order valence-corrected chi connectivity index (χ0v) is 18.9. The van der Waals surface area contributed by atoms with E-state index in [4.69, 9.17) is 9.97 Å². The van der Waals surface area contributed by atoms with Gasteiger partial charge in [0.2, 0.25) is 0 Å². The zero-order chi connectivity index (χ0) is 21.8. The molecule has 0 saturated carbocycles. The van der Waals surface area contributed by atoms with E-state index in [1.807, 2.05) is 54.6 Å². The van der Waals surface area contributed by atoms with Crippen LogP contribution in [0.4, 0.5) is 5.82 Å². The molecule has 0 aliphatic heterocycles. The number of anilines is 1. The molecule has 0 saturated heterocycles. The van der Waals surface area contributed by atoms with Crippen molar-refractivity contribution in [2.75, 3.05) is 39.5 Å². The molecule has 4 aromatic rings. The molecule has 4 rings (SSSR count). The number of nitrogens with zero attached hydrogens (tertiary/aromatic N) is 4. The molecule has 0 aliphatic rings. The van der Waals surface area contributed by atoms with Crippen LogP contribution in [0.2, 0.25) is 0 Å². The fraction of sp³-hybridized carbons (Fsp3) is 0.292. The Morgan fingerprint density at radius 2 is 1.81 bits per heavy atom. The highest BCUT2D eigenvalue weighted by atomic mass is 32.1. The Bertz CT molecular complexity index is 1170. The minimum atomic E-state index is -0.0153. The maximum absolute atomic E-state index is 13.0. The highest BCUT2D eigenvalue weighted by molar-refractivity contribution is 7.20. The Balaban J connectivity index is 1.53. The average molecular weight is 434 g/mol. The molecule has 1 amide bonds. The first kappa shape index (κ1) is 21.2. The predicted octanol–water partition coefficient (Wildman–Crippen LogP) is 4.48. The Morgan fingerprint density at radius 1 is 1.03 bits per heavy atom. The molecule has 160 valence electrons. The van der Waals surface area contributed by atoms with Gasteiger partial charge >= 0.3 is 0 Å². The monoisotopic (exact) mass is 433 g/mol. The number of aromatic nitrogens is 2. The van der Waals surface area contributed by atoms with Crippen molar-refractivity contribution in [2.24, 2.45) is 0 Å². The van der Waals surface area contributed by atoms with Crippen molar-refractivity contribution in [3.05, 3.63) is 65.3 Å². The van der Waals surface area contributed by atoms with Crippen molar-refractivity contribution >= 4 is 44.1 Å². The van der Waals surface area contributed by atoms with E-state index in [0.717, 1.165) is 51.2 Å². The number of thiophene rings is 1. The molecule has 0 unspecified atom stereocenters. The highest BCUT2D eigenvalue weighted by Crippen LogP contribution is 2.26. The molecule has 31 heavy (non-hydrogen) atoms. The van der Waals surface area contributed by atoms with Crippen LogP contribution < -0.4 is 5.32 Å². The molecular formula is C24H27N5OS. The summed E-state index contributed by atoms with van der Waals surface area (Å²) in [7, 11) is 5.94. The van der Waals surface area contributed by atoms with Crippen molar-refractivity contribution < 1.29 is 4.79 Å². The molecule has 2 aromatic carbocycles. The number of benzene rings is 2. The second-order valence-corrected chi connectivity index (χ2v) is 8.98. The van der Waals surface area contributed by atoms with Crippen molar-refractivity contribution in [1.82, 2.24) is 19.8 Å². The quantitative estimate of drug-likeness (QED) is 0.415. The number of carbonyl (C=O) groups excluding carboxylic acids is 1. The Labute approximate surface area is 186 Å². The van der Waals surface area contributed by atoms with E-state index < -0.39 is 0 Å². The largest absolute Gasteiger partial charge is 0.369 e. The lowest BCUT2D eigenvalue weighted by Crippen LogP contribution is -2.26. The van der Waals surface area contributed by atoms with Gasteiger partial charge in [0.1, 0.15) is 5.82 Å². The van der Waals surface area contributed by atoms with Crippen LogP contribution in [0.25, 0.3) is 21.0 Å². The van der Waals surface area contributed by atoms with Gasteiger partial charge in [-0.25, -0.2) is 9.97 Å². The van der Waals surface area contributed by atoms with Crippen LogP contribution >= 0.6 is 11.3 Å². The SMILES string of the molecule is CN(C)CCCNc1nc(CN(C)C(=O)c2cc3ccccc3s2)nc2ccccc12. The Hall–Kier alpha value is -3.03. The van der Waals surface area contributed by atoms with E-state index in [-0.39, 0.29) is 5.91 Å². The third kappa shape index (κ3) is 5.00. The summed E-state index contributed by atoms with van der Waals surface area (Å²) in [6.07, 6.45) is 1.02. The van der Waals surface area contributed by atoms with Gasteiger partial charge in [0.25, 0.3) is 5.91 Å². The minimum absolute atomic E-state index is 0.0153. The third-order valence-corrected chi connectivity index (χ3v) is 6.19. The number of amides is 1. The number of para-hydroxylation sites is 1. The van der Waals surface area contributed by atoms with Crippen molar-refractivity contribution in [3.8, 4) is 0 Å². The zero-order valence-electron chi connectivity index (χ0n) is 18.1. The molecule has 0 fully saturated rings. The first-order valence-corrected chi connectivity index (χ1v) is 11.2. The first-order chi connectivity index (χ1) is 15.0. The Morgan fingerprint density at radius 3 is 2.61 bits per heavy atom. The number of hydrogen-bond donors (Lipinski definition) is 1. The van der Waals surface area contributed by atoms with E-state index in [1.54, 1.807) is 11.9 Å². The molecular weight excluding hydrogens is 406 g/mol. The topological polar surface area (TPSA) is 61.4 Å². The number of carbonyl (C=O) groups is 1. The van der Waals surface area contributed by atoms with Crippen LogP contribution in [-0.2, 0) is 6.54 Å². The molecule has 0 spiro atoms. The lowest BCUT2D eigenvalue weighted by atomic mass is 10.2. The fourth-order valence-corrected chi connectivity index (χ4v) is 4.55. The normalized spacial score (nSPS) is 11.4. The summed E-state index contributed by atoms with van der Waals surface area (Å²) < 4.78 is 1.12. The van der Waals surface area contributed by atoms with Crippen LogP contribution in [0.15, 0.2) is 54.6 Å². The van der Waals surface area contributed by atoms with E-state index >= 15 is 0 Å². The summed E-state index contributed by atoms with van der Waals surface area (Å²) in [5, 5.41) is 5.54. The third-order valence-electron chi connectivity index (χ3n) is 5.09. The van der Waals surface area contributed by atoms with Crippen LogP contribution in [0.5, 0.6) is 0 Å². The molecule has 0 bridgehead atoms. The lowest BCUT2D eigenvalue weighted by Gasteiger charge is -2.17. The first-order valence-electron chi connectivity index (χ1n) is 10.4. The molecule has 6 nitrogen and oxygen atoms in total. The second-order valence-electron chi connectivity index (χ2n) is 7.90. The number of rotatable bonds is 8. The summed E-state index contributed by atoms with van der Waals surface area (Å²) in [6, 6.07) is 18.0. The highest BCUT2D eigenvalue weighted by Gasteiger charge is 2.17. The van der Waals surface area contributed by atoms with E-state index in [0.29, 0.717) is 12.4 Å². The second kappa shape index (κ2) is 9.41. The van der Waals surface area contributed by atoms with Gasteiger partial charge in [-0.3, -0.25) is 4.79 Å². The molecule has 7 heteroatoms. The van der Waals surface area contributed by atoms with Crippen molar-refractivity contribution in [2.45, 2.75) is 13.0 Å². The minimum Gasteiger partial charge on any atom is -0.369 e. The average Bonchev–Trinajstić information content (AvgIpc) is 3.20. The van der Waals surface area contributed by atoms with Gasteiger partial charge in [0.05, 0.1) is 16.9 Å². The smallest absolute Gasteiger partial charge is 0.264 e. The van der Waals surface area contributed by atoms with Gasteiger partial charge in [0.15, 0.2) is 5.82 Å². The van der Waals surface area contributed by atoms with Gasteiger partial charge in [-0.15, -0.1) is 11.3 Å². The van der Waals surface area contributed by atoms with E-state index in [2.05, 4.69) is 24.3 Å². The van der Waals surface area contributed by atoms with Crippen LogP contribution in [-0.4, -0.2) is 59.9 Å². The maximum Gasteiger partial charge on any atom is 0.264 e. The summed E-state index contributed by atoms with van der Waals surface area (Å²) in [5.41, 5.74) is 0.880. The van der Waals surface area contributed by atoms with Gasteiger partial charge in [0, 0.05) is 23.7 Å².